The van der Waals surface area contributed by atoms with Crippen LogP contribution < -0.4 is 4.74 Å². The summed E-state index contributed by atoms with van der Waals surface area (Å²) in [5, 5.41) is 17.7. The lowest BCUT2D eigenvalue weighted by atomic mass is 9.87. The first-order valence-electron chi connectivity index (χ1n) is 12.7. The zero-order chi connectivity index (χ0) is 24.5. The lowest BCUT2D eigenvalue weighted by Crippen LogP contribution is -2.40. The van der Waals surface area contributed by atoms with Gasteiger partial charge in [0, 0.05) is 25.7 Å². The van der Waals surface area contributed by atoms with E-state index in [1.807, 2.05) is 31.3 Å². The van der Waals surface area contributed by atoms with Crippen LogP contribution in [0.5, 0.6) is 5.75 Å². The number of carboxylic acids is 1. The summed E-state index contributed by atoms with van der Waals surface area (Å²) in [7, 11) is 3.65. The maximum atomic E-state index is 12.8. The number of benzene rings is 1. The normalized spacial score (nSPS) is 20.9. The van der Waals surface area contributed by atoms with Crippen molar-refractivity contribution in [3.8, 4) is 17.0 Å². The Kier molecular flexibility index (Phi) is 9.80. The molecule has 0 saturated heterocycles. The van der Waals surface area contributed by atoms with Crippen molar-refractivity contribution in [1.29, 1.82) is 0 Å². The van der Waals surface area contributed by atoms with E-state index < -0.39 is 5.97 Å². The Labute approximate surface area is 231 Å². The Morgan fingerprint density at radius 2 is 1.73 bits per heavy atom. The summed E-state index contributed by atoms with van der Waals surface area (Å²) in [4.78, 5) is 25.9. The Bertz CT molecular complexity index is 1060. The molecular weight excluding hydrogens is 512 g/mol. The molecule has 1 amide bonds. The molecule has 3 saturated carbocycles. The second kappa shape index (κ2) is 12.4. The summed E-state index contributed by atoms with van der Waals surface area (Å²) in [6, 6.07) is 7.85. The maximum absolute atomic E-state index is 12.8. The molecule has 1 N–H and O–H groups in total. The largest absolute Gasteiger partial charge is 0.490 e. The van der Waals surface area contributed by atoms with Crippen LogP contribution in [-0.2, 0) is 23.2 Å². The number of ether oxygens (including phenoxy) is 2. The van der Waals surface area contributed by atoms with Gasteiger partial charge >= 0.3 is 12.1 Å². The van der Waals surface area contributed by atoms with Gasteiger partial charge in [0.2, 0.25) is 0 Å². The van der Waals surface area contributed by atoms with Crippen molar-refractivity contribution >= 4 is 39.1 Å². The van der Waals surface area contributed by atoms with E-state index >= 15 is 0 Å². The van der Waals surface area contributed by atoms with Crippen molar-refractivity contribution in [2.45, 2.75) is 70.1 Å². The van der Waals surface area contributed by atoms with Gasteiger partial charge in [-0.2, -0.15) is 27.0 Å². The van der Waals surface area contributed by atoms with Gasteiger partial charge in [-0.15, -0.1) is 5.10 Å². The topological polar surface area (TPSA) is 107 Å². The van der Waals surface area contributed by atoms with Crippen molar-refractivity contribution in [3.63, 3.8) is 0 Å². The summed E-state index contributed by atoms with van der Waals surface area (Å²) in [6.45, 7) is 0.0982. The Hall–Kier alpha value is -2.40. The third-order valence-electron chi connectivity index (χ3n) is 7.63. The predicted molar refractivity (Wildman–Crippen MR) is 148 cm³/mol. The minimum atomic E-state index is -0.744. The van der Waals surface area contributed by atoms with Gasteiger partial charge in [-0.1, -0.05) is 5.21 Å². The van der Waals surface area contributed by atoms with Crippen molar-refractivity contribution in [3.05, 3.63) is 30.0 Å². The summed E-state index contributed by atoms with van der Waals surface area (Å²) in [5.41, 5.74) is 2.25. The number of aliphatic carboxylic acids is 1. The molecule has 1 heterocycles. The van der Waals surface area contributed by atoms with E-state index in [1.54, 1.807) is 16.6 Å². The quantitative estimate of drug-likeness (QED) is 0.490. The first-order valence-corrected chi connectivity index (χ1v) is 12.7. The van der Waals surface area contributed by atoms with Gasteiger partial charge in [0.15, 0.2) is 0 Å². The number of hydrogen-bond acceptors (Lipinski definition) is 6. The van der Waals surface area contributed by atoms with E-state index in [4.69, 9.17) is 9.47 Å². The molecular formula is C26H38N4O5S2. The van der Waals surface area contributed by atoms with Crippen LogP contribution in [-0.4, -0.2) is 56.3 Å². The molecule has 0 radical (unpaired) electrons. The number of rotatable bonds is 9. The molecule has 0 spiro atoms. The Morgan fingerprint density at radius 3 is 2.32 bits per heavy atom. The molecule has 204 valence electrons. The third-order valence-corrected chi connectivity index (χ3v) is 7.63. The standard InChI is InChI=1S/C26H34N4O5.2H2S/c1-29(24(17-6-7-17)18-8-9-18)26(33)34-15-22-23(27-28-30(22)2)16-10-12-20(13-11-16)35-21-5-3-4-19(14-21)25(31)32;;/h10-13,17-19,21,24H,3-9,14-15H2,1-2H3,(H,31,32);2*1H2/t19-,21-;;/m0../s1. The van der Waals surface area contributed by atoms with Gasteiger partial charge in [-0.3, -0.25) is 4.79 Å². The highest BCUT2D eigenvalue weighted by Crippen LogP contribution is 2.47. The molecule has 37 heavy (non-hydrogen) atoms. The van der Waals surface area contributed by atoms with E-state index in [0.29, 0.717) is 42.2 Å². The van der Waals surface area contributed by atoms with E-state index in [1.165, 1.54) is 25.7 Å². The lowest BCUT2D eigenvalue weighted by molar-refractivity contribution is -0.143. The summed E-state index contributed by atoms with van der Waals surface area (Å²) >= 11 is 0. The average molecular weight is 551 g/mol. The zero-order valence-electron chi connectivity index (χ0n) is 21.4. The number of nitrogens with zero attached hydrogens (tertiary/aromatic N) is 4. The minimum absolute atomic E-state index is 0. The van der Waals surface area contributed by atoms with Crippen molar-refractivity contribution in [2.24, 2.45) is 24.8 Å². The van der Waals surface area contributed by atoms with Gasteiger partial charge in [-0.25, -0.2) is 9.48 Å². The second-order valence-corrected chi connectivity index (χ2v) is 10.3. The monoisotopic (exact) mass is 550 g/mol. The molecule has 1 aromatic carbocycles. The number of hydrogen-bond donors (Lipinski definition) is 1. The average Bonchev–Trinajstić information content (AvgIpc) is 3.79. The van der Waals surface area contributed by atoms with Crippen molar-refractivity contribution in [2.75, 3.05) is 7.05 Å². The van der Waals surface area contributed by atoms with Gasteiger partial charge in [0.05, 0.1) is 12.0 Å². The van der Waals surface area contributed by atoms with Gasteiger partial charge in [0.25, 0.3) is 0 Å². The highest BCUT2D eigenvalue weighted by molar-refractivity contribution is 7.59. The zero-order valence-corrected chi connectivity index (χ0v) is 23.4. The number of aryl methyl sites for hydroxylation is 1. The van der Waals surface area contributed by atoms with Crippen LogP contribution >= 0.6 is 27.0 Å². The molecule has 9 nitrogen and oxygen atoms in total. The lowest BCUT2D eigenvalue weighted by Gasteiger charge is -2.27. The van der Waals surface area contributed by atoms with Gasteiger partial charge in [-0.05, 0) is 87.5 Å². The van der Waals surface area contributed by atoms with E-state index in [-0.39, 0.29) is 51.7 Å². The molecule has 0 aliphatic heterocycles. The number of aromatic nitrogens is 3. The fourth-order valence-corrected chi connectivity index (χ4v) is 5.37. The van der Waals surface area contributed by atoms with Crippen molar-refractivity contribution < 1.29 is 24.2 Å². The van der Waals surface area contributed by atoms with Crippen LogP contribution in [0.3, 0.4) is 0 Å². The molecule has 0 bridgehead atoms. The first kappa shape index (κ1) is 29.2. The summed E-state index contributed by atoms with van der Waals surface area (Å²) in [6.07, 6.45) is 7.40. The van der Waals surface area contributed by atoms with E-state index in [0.717, 1.165) is 24.1 Å². The van der Waals surface area contributed by atoms with E-state index in [2.05, 4.69) is 10.3 Å². The number of carbonyl (C=O) groups excluding carboxylic acids is 1. The van der Waals surface area contributed by atoms with Crippen LogP contribution in [0.25, 0.3) is 11.3 Å². The molecule has 11 heteroatoms. The number of amides is 1. The molecule has 5 rings (SSSR count). The highest BCUT2D eigenvalue weighted by Gasteiger charge is 2.45. The van der Waals surface area contributed by atoms with Crippen LogP contribution in [0.1, 0.15) is 57.1 Å². The highest BCUT2D eigenvalue weighted by atomic mass is 32.1. The van der Waals surface area contributed by atoms with Crippen LogP contribution in [0.4, 0.5) is 4.79 Å². The molecule has 0 unspecified atom stereocenters. The third kappa shape index (κ3) is 6.93. The predicted octanol–water partition coefficient (Wildman–Crippen LogP) is 4.49. The SMILES string of the molecule is CN(C(=O)OCc1c(-c2ccc(O[C@H]3CCC[C@H](C(=O)O)C3)cc2)nnn1C)C(C1CC1)C1CC1.S.S. The molecule has 3 fully saturated rings. The molecule has 3 aliphatic carbocycles. The fraction of sp³-hybridized carbons (Fsp3) is 0.615. The first-order chi connectivity index (χ1) is 16.9. The Morgan fingerprint density at radius 1 is 1.08 bits per heavy atom. The van der Waals surface area contributed by atoms with Crippen molar-refractivity contribution in [1.82, 2.24) is 19.9 Å². The van der Waals surface area contributed by atoms with Crippen LogP contribution in [0.15, 0.2) is 24.3 Å². The molecule has 1 aromatic heterocycles. The van der Waals surface area contributed by atoms with E-state index in [9.17, 15) is 14.7 Å². The van der Waals surface area contributed by atoms with Crippen LogP contribution in [0.2, 0.25) is 0 Å². The van der Waals surface area contributed by atoms with Crippen LogP contribution in [0, 0.1) is 17.8 Å². The minimum Gasteiger partial charge on any atom is -0.490 e. The summed E-state index contributed by atoms with van der Waals surface area (Å²) < 4.78 is 13.4. The number of carbonyl (C=O) groups is 2. The second-order valence-electron chi connectivity index (χ2n) is 10.3. The maximum Gasteiger partial charge on any atom is 0.410 e. The fourth-order valence-electron chi connectivity index (χ4n) is 5.37. The molecule has 2 aromatic rings. The smallest absolute Gasteiger partial charge is 0.410 e. The van der Waals surface area contributed by atoms with Gasteiger partial charge in [0.1, 0.15) is 23.7 Å². The molecule has 2 atom stereocenters. The molecule has 3 aliphatic rings. The Balaban J connectivity index is 0.00000190. The van der Waals surface area contributed by atoms with Gasteiger partial charge < -0.3 is 19.5 Å². The summed E-state index contributed by atoms with van der Waals surface area (Å²) in [5.74, 6) is 0.873. The number of carboxylic acid groups (broad SMARTS) is 1.